The zero-order valence-electron chi connectivity index (χ0n) is 12.2. The first-order valence-corrected chi connectivity index (χ1v) is 7.18. The van der Waals surface area contributed by atoms with Gasteiger partial charge in [0.05, 0.1) is 5.41 Å². The van der Waals surface area contributed by atoms with Crippen molar-refractivity contribution >= 4 is 18.0 Å². The van der Waals surface area contributed by atoms with Crippen molar-refractivity contribution in [1.29, 1.82) is 0 Å². The average Bonchev–Trinajstić information content (AvgIpc) is 2.92. The van der Waals surface area contributed by atoms with Gasteiger partial charge in [0.25, 0.3) is 0 Å². The number of aliphatic carboxylic acids is 1. The zero-order valence-corrected chi connectivity index (χ0v) is 12.2. The summed E-state index contributed by atoms with van der Waals surface area (Å²) in [7, 11) is 0. The second-order valence-electron chi connectivity index (χ2n) is 5.46. The molecule has 1 aromatic rings. The molecule has 0 spiro atoms. The standard InChI is InChI=1S/C16H20N2O3/c1-2-7-16(15(20)21)8-10-18(12-16)14(19)6-5-13-4-3-9-17-11-13/h3-6,9,11H,2,7-8,10,12H2,1H3,(H,20,21). The number of carboxylic acids is 1. The van der Waals surface area contributed by atoms with Crippen LogP contribution in [0.3, 0.4) is 0 Å². The predicted molar refractivity (Wildman–Crippen MR) is 79.4 cm³/mol. The van der Waals surface area contributed by atoms with E-state index in [9.17, 15) is 14.7 Å². The number of hydrogen-bond acceptors (Lipinski definition) is 3. The first kappa shape index (κ1) is 15.2. The van der Waals surface area contributed by atoms with Crippen molar-refractivity contribution in [3.05, 3.63) is 36.2 Å². The summed E-state index contributed by atoms with van der Waals surface area (Å²) < 4.78 is 0. The molecule has 1 aliphatic rings. The fourth-order valence-corrected chi connectivity index (χ4v) is 2.77. The number of pyridine rings is 1. The first-order valence-electron chi connectivity index (χ1n) is 7.18. The van der Waals surface area contributed by atoms with Crippen LogP contribution in [0, 0.1) is 5.41 Å². The lowest BCUT2D eigenvalue weighted by Crippen LogP contribution is -2.36. The molecule has 2 rings (SSSR count). The summed E-state index contributed by atoms with van der Waals surface area (Å²) in [5, 5.41) is 9.44. The lowest BCUT2D eigenvalue weighted by molar-refractivity contribution is -0.148. The van der Waals surface area contributed by atoms with Crippen LogP contribution >= 0.6 is 0 Å². The zero-order chi connectivity index (χ0) is 15.3. The van der Waals surface area contributed by atoms with Crippen LogP contribution in [0.5, 0.6) is 0 Å². The van der Waals surface area contributed by atoms with Gasteiger partial charge in [-0.3, -0.25) is 14.6 Å². The van der Waals surface area contributed by atoms with E-state index in [0.29, 0.717) is 25.9 Å². The summed E-state index contributed by atoms with van der Waals surface area (Å²) >= 11 is 0. The van der Waals surface area contributed by atoms with Crippen LogP contribution in [-0.4, -0.2) is 40.0 Å². The average molecular weight is 288 g/mol. The third-order valence-corrected chi connectivity index (χ3v) is 3.95. The van der Waals surface area contributed by atoms with Crippen molar-refractivity contribution in [2.45, 2.75) is 26.2 Å². The quantitative estimate of drug-likeness (QED) is 0.843. The molecule has 112 valence electrons. The van der Waals surface area contributed by atoms with Crippen LogP contribution in [-0.2, 0) is 9.59 Å². The van der Waals surface area contributed by atoms with E-state index >= 15 is 0 Å². The Morgan fingerprint density at radius 3 is 2.95 bits per heavy atom. The van der Waals surface area contributed by atoms with E-state index in [4.69, 9.17) is 0 Å². The second kappa shape index (κ2) is 6.52. The van der Waals surface area contributed by atoms with Crippen molar-refractivity contribution in [3.63, 3.8) is 0 Å². The largest absolute Gasteiger partial charge is 0.481 e. The van der Waals surface area contributed by atoms with Crippen LogP contribution < -0.4 is 0 Å². The molecule has 0 radical (unpaired) electrons. The molecule has 1 fully saturated rings. The Hall–Kier alpha value is -2.17. The van der Waals surface area contributed by atoms with E-state index in [1.54, 1.807) is 29.4 Å². The summed E-state index contributed by atoms with van der Waals surface area (Å²) in [5.41, 5.74) is 0.0788. The maximum atomic E-state index is 12.2. The van der Waals surface area contributed by atoms with Gasteiger partial charge < -0.3 is 10.0 Å². The van der Waals surface area contributed by atoms with Gasteiger partial charge in [-0.05, 0) is 30.5 Å². The van der Waals surface area contributed by atoms with Gasteiger partial charge in [-0.15, -0.1) is 0 Å². The number of carbonyl (C=O) groups is 2. The molecule has 0 aromatic carbocycles. The number of hydrogen-bond donors (Lipinski definition) is 1. The van der Waals surface area contributed by atoms with Gasteiger partial charge in [0, 0.05) is 31.6 Å². The van der Waals surface area contributed by atoms with E-state index in [2.05, 4.69) is 4.98 Å². The van der Waals surface area contributed by atoms with E-state index in [1.807, 2.05) is 13.0 Å². The molecule has 0 aliphatic carbocycles. The Labute approximate surface area is 124 Å². The predicted octanol–water partition coefficient (Wildman–Crippen LogP) is 2.20. The summed E-state index contributed by atoms with van der Waals surface area (Å²) in [6.45, 7) is 2.77. The van der Waals surface area contributed by atoms with Crippen LogP contribution in [0.2, 0.25) is 0 Å². The third kappa shape index (κ3) is 3.48. The molecule has 1 unspecified atom stereocenters. The van der Waals surface area contributed by atoms with Gasteiger partial charge in [-0.25, -0.2) is 0 Å². The molecule has 2 heterocycles. The number of carbonyl (C=O) groups excluding carboxylic acids is 1. The molecule has 5 nitrogen and oxygen atoms in total. The Bertz CT molecular complexity index is 542. The fourth-order valence-electron chi connectivity index (χ4n) is 2.77. The summed E-state index contributed by atoms with van der Waals surface area (Å²) in [4.78, 5) is 29.3. The highest BCUT2D eigenvalue weighted by Crippen LogP contribution is 2.35. The lowest BCUT2D eigenvalue weighted by atomic mass is 9.83. The van der Waals surface area contributed by atoms with Crippen LogP contribution in [0.4, 0.5) is 0 Å². The minimum Gasteiger partial charge on any atom is -0.481 e. The van der Waals surface area contributed by atoms with E-state index in [-0.39, 0.29) is 5.91 Å². The fraction of sp³-hybridized carbons (Fsp3) is 0.438. The second-order valence-corrected chi connectivity index (χ2v) is 5.46. The highest BCUT2D eigenvalue weighted by atomic mass is 16.4. The van der Waals surface area contributed by atoms with Crippen molar-refractivity contribution in [2.75, 3.05) is 13.1 Å². The van der Waals surface area contributed by atoms with Crippen LogP contribution in [0.25, 0.3) is 6.08 Å². The SMILES string of the molecule is CCCC1(C(=O)O)CCN(C(=O)C=Cc2cccnc2)C1. The molecule has 1 atom stereocenters. The Morgan fingerprint density at radius 1 is 1.52 bits per heavy atom. The number of aromatic nitrogens is 1. The number of rotatable bonds is 5. The minimum absolute atomic E-state index is 0.141. The van der Waals surface area contributed by atoms with Crippen LogP contribution in [0.15, 0.2) is 30.6 Å². The minimum atomic E-state index is -0.795. The van der Waals surface area contributed by atoms with Crippen molar-refractivity contribution in [2.24, 2.45) is 5.41 Å². The van der Waals surface area contributed by atoms with E-state index < -0.39 is 11.4 Å². The van der Waals surface area contributed by atoms with E-state index in [0.717, 1.165) is 12.0 Å². The summed E-state index contributed by atoms with van der Waals surface area (Å²) in [5.74, 6) is -0.936. The molecule has 0 saturated carbocycles. The van der Waals surface area contributed by atoms with E-state index in [1.165, 1.54) is 6.08 Å². The van der Waals surface area contributed by atoms with Crippen molar-refractivity contribution in [1.82, 2.24) is 9.88 Å². The van der Waals surface area contributed by atoms with Gasteiger partial charge in [-0.2, -0.15) is 0 Å². The molecular formula is C16H20N2O3. The molecule has 0 bridgehead atoms. The van der Waals surface area contributed by atoms with Gasteiger partial charge >= 0.3 is 5.97 Å². The molecule has 1 aliphatic heterocycles. The van der Waals surface area contributed by atoms with Crippen molar-refractivity contribution < 1.29 is 14.7 Å². The number of nitrogens with zero attached hydrogens (tertiary/aromatic N) is 2. The van der Waals surface area contributed by atoms with Crippen LogP contribution in [0.1, 0.15) is 31.7 Å². The lowest BCUT2D eigenvalue weighted by Gasteiger charge is -2.23. The molecule has 1 amide bonds. The third-order valence-electron chi connectivity index (χ3n) is 3.95. The van der Waals surface area contributed by atoms with Gasteiger partial charge in [0.2, 0.25) is 5.91 Å². The highest BCUT2D eigenvalue weighted by molar-refractivity contribution is 5.92. The number of carboxylic acid groups (broad SMARTS) is 1. The molecule has 1 N–H and O–H groups in total. The smallest absolute Gasteiger partial charge is 0.311 e. The topological polar surface area (TPSA) is 70.5 Å². The molecule has 5 heteroatoms. The molecule has 21 heavy (non-hydrogen) atoms. The van der Waals surface area contributed by atoms with Gasteiger partial charge in [0.15, 0.2) is 0 Å². The number of amides is 1. The van der Waals surface area contributed by atoms with Crippen molar-refractivity contribution in [3.8, 4) is 0 Å². The maximum absolute atomic E-state index is 12.2. The van der Waals surface area contributed by atoms with Gasteiger partial charge in [-0.1, -0.05) is 19.4 Å². The molecular weight excluding hydrogens is 268 g/mol. The molecule has 1 saturated heterocycles. The monoisotopic (exact) mass is 288 g/mol. The highest BCUT2D eigenvalue weighted by Gasteiger charge is 2.44. The first-order chi connectivity index (χ1) is 10.1. The Morgan fingerprint density at radius 2 is 2.33 bits per heavy atom. The number of likely N-dealkylation sites (tertiary alicyclic amines) is 1. The Balaban J connectivity index is 2.02. The normalized spacial score (nSPS) is 21.9. The Kier molecular flexibility index (Phi) is 4.73. The summed E-state index contributed by atoms with van der Waals surface area (Å²) in [6.07, 6.45) is 8.48. The maximum Gasteiger partial charge on any atom is 0.311 e. The summed E-state index contributed by atoms with van der Waals surface area (Å²) in [6, 6.07) is 3.66. The van der Waals surface area contributed by atoms with Gasteiger partial charge in [0.1, 0.15) is 0 Å². The molecule has 1 aromatic heterocycles.